The van der Waals surface area contributed by atoms with Crippen LogP contribution in [0.5, 0.6) is 0 Å². The average molecular weight is 297 g/mol. The Hall–Kier alpha value is -1.33. The van der Waals surface area contributed by atoms with Crippen LogP contribution in [0.4, 0.5) is 5.69 Å². The Labute approximate surface area is 124 Å². The number of piperidine rings is 1. The molecule has 0 spiro atoms. The second-order valence-corrected chi connectivity index (χ2v) is 5.61. The molecular weight excluding hydrogens is 276 g/mol. The van der Waals surface area contributed by atoms with Crippen molar-refractivity contribution in [2.45, 2.75) is 32.4 Å². The van der Waals surface area contributed by atoms with Gasteiger partial charge in [0.05, 0.1) is 18.4 Å². The van der Waals surface area contributed by atoms with Crippen molar-refractivity contribution in [3.63, 3.8) is 0 Å². The number of hydrogen-bond acceptors (Lipinski definition) is 4. The molecule has 6 heteroatoms. The molecule has 2 rings (SSSR count). The molecule has 1 fully saturated rings. The Morgan fingerprint density at radius 3 is 3.05 bits per heavy atom. The highest BCUT2D eigenvalue weighted by atomic mass is 35.5. The molecule has 1 aromatic heterocycles. The Morgan fingerprint density at radius 1 is 1.65 bits per heavy atom. The van der Waals surface area contributed by atoms with E-state index in [0.717, 1.165) is 19.4 Å². The summed E-state index contributed by atoms with van der Waals surface area (Å²) < 4.78 is 1.31. The van der Waals surface area contributed by atoms with E-state index in [0.29, 0.717) is 24.7 Å². The molecule has 1 aliphatic rings. The van der Waals surface area contributed by atoms with Crippen molar-refractivity contribution in [3.05, 3.63) is 34.2 Å². The van der Waals surface area contributed by atoms with E-state index in [1.54, 1.807) is 12.3 Å². The molecule has 1 aromatic rings. The number of halogens is 1. The third-order valence-electron chi connectivity index (χ3n) is 3.94. The fourth-order valence-corrected chi connectivity index (χ4v) is 3.07. The van der Waals surface area contributed by atoms with Gasteiger partial charge in [-0.25, -0.2) is 4.68 Å². The summed E-state index contributed by atoms with van der Waals surface area (Å²) in [7, 11) is 0. The van der Waals surface area contributed by atoms with Gasteiger partial charge in [-0.3, -0.25) is 4.79 Å². The largest absolute Gasteiger partial charge is 0.364 e. The minimum atomic E-state index is -0.280. The Morgan fingerprint density at radius 2 is 2.40 bits per heavy atom. The third-order valence-corrected chi connectivity index (χ3v) is 4.29. The third kappa shape index (κ3) is 2.74. The first kappa shape index (κ1) is 15.1. The molecule has 2 heterocycles. The van der Waals surface area contributed by atoms with Crippen molar-refractivity contribution in [1.82, 2.24) is 9.78 Å². The quantitative estimate of drug-likeness (QED) is 0.858. The summed E-state index contributed by atoms with van der Waals surface area (Å²) in [5, 5.41) is 4.38. The zero-order valence-corrected chi connectivity index (χ0v) is 12.5. The van der Waals surface area contributed by atoms with E-state index in [2.05, 4.69) is 23.5 Å². The molecule has 2 unspecified atom stereocenters. The van der Waals surface area contributed by atoms with Gasteiger partial charge in [-0.1, -0.05) is 24.6 Å². The molecule has 2 N–H and O–H groups in total. The van der Waals surface area contributed by atoms with Crippen LogP contribution in [0.25, 0.3) is 0 Å². The molecule has 20 heavy (non-hydrogen) atoms. The van der Waals surface area contributed by atoms with Gasteiger partial charge in [-0.2, -0.15) is 5.10 Å². The van der Waals surface area contributed by atoms with Crippen LogP contribution in [0.3, 0.4) is 0 Å². The molecule has 0 amide bonds. The van der Waals surface area contributed by atoms with Gasteiger partial charge < -0.3 is 10.6 Å². The van der Waals surface area contributed by atoms with E-state index < -0.39 is 0 Å². The van der Waals surface area contributed by atoms with Crippen LogP contribution in [-0.4, -0.2) is 28.9 Å². The van der Waals surface area contributed by atoms with E-state index in [4.69, 9.17) is 17.3 Å². The van der Waals surface area contributed by atoms with Gasteiger partial charge in [0.2, 0.25) is 0 Å². The lowest BCUT2D eigenvalue weighted by Gasteiger charge is -2.41. The summed E-state index contributed by atoms with van der Waals surface area (Å²) in [6.07, 6.45) is 5.50. The van der Waals surface area contributed by atoms with Crippen LogP contribution < -0.4 is 16.2 Å². The molecule has 1 aliphatic heterocycles. The lowest BCUT2D eigenvalue weighted by molar-refractivity contribution is 0.349. The summed E-state index contributed by atoms with van der Waals surface area (Å²) >= 11 is 6.25. The van der Waals surface area contributed by atoms with Gasteiger partial charge in [0.1, 0.15) is 5.02 Å². The second-order valence-electron chi connectivity index (χ2n) is 5.24. The number of anilines is 1. The van der Waals surface area contributed by atoms with Gasteiger partial charge in [0.15, 0.2) is 0 Å². The van der Waals surface area contributed by atoms with Gasteiger partial charge in [0.25, 0.3) is 5.56 Å². The number of hydrogen-bond donors (Lipinski definition) is 1. The lowest BCUT2D eigenvalue weighted by Crippen LogP contribution is -2.49. The van der Waals surface area contributed by atoms with E-state index >= 15 is 0 Å². The summed E-state index contributed by atoms with van der Waals surface area (Å²) in [5.41, 5.74) is 6.30. The summed E-state index contributed by atoms with van der Waals surface area (Å²) in [4.78, 5) is 14.3. The maximum Gasteiger partial charge on any atom is 0.287 e. The normalized spacial score (nSPS) is 22.9. The highest BCUT2D eigenvalue weighted by Gasteiger charge is 2.29. The van der Waals surface area contributed by atoms with E-state index in [9.17, 15) is 4.79 Å². The fourth-order valence-electron chi connectivity index (χ4n) is 2.82. The van der Waals surface area contributed by atoms with Gasteiger partial charge in [-0.15, -0.1) is 6.58 Å². The Balaban J connectivity index is 2.39. The number of rotatable bonds is 4. The maximum atomic E-state index is 12.2. The monoisotopic (exact) mass is 296 g/mol. The van der Waals surface area contributed by atoms with Crippen LogP contribution in [0.1, 0.15) is 19.8 Å². The number of nitrogens with zero attached hydrogens (tertiary/aromatic N) is 3. The second kappa shape index (κ2) is 6.41. The summed E-state index contributed by atoms with van der Waals surface area (Å²) in [6, 6.07) is 0.206. The van der Waals surface area contributed by atoms with Crippen molar-refractivity contribution < 1.29 is 0 Å². The van der Waals surface area contributed by atoms with E-state index in [1.807, 2.05) is 0 Å². The minimum Gasteiger partial charge on any atom is -0.364 e. The molecule has 0 aliphatic carbocycles. The van der Waals surface area contributed by atoms with Crippen molar-refractivity contribution >= 4 is 17.3 Å². The zero-order chi connectivity index (χ0) is 14.7. The van der Waals surface area contributed by atoms with E-state index in [1.165, 1.54) is 4.68 Å². The summed E-state index contributed by atoms with van der Waals surface area (Å²) in [6.45, 7) is 7.55. The van der Waals surface area contributed by atoms with Crippen molar-refractivity contribution in [2.75, 3.05) is 18.0 Å². The molecular formula is C14H21ClN4O. The molecule has 110 valence electrons. The topological polar surface area (TPSA) is 64.2 Å². The highest BCUT2D eigenvalue weighted by Crippen LogP contribution is 2.30. The fraction of sp³-hybridized carbons (Fsp3) is 0.571. The van der Waals surface area contributed by atoms with E-state index in [-0.39, 0.29) is 16.6 Å². The van der Waals surface area contributed by atoms with Crippen LogP contribution >= 0.6 is 11.6 Å². The Kier molecular flexibility index (Phi) is 4.83. The first-order valence-electron chi connectivity index (χ1n) is 6.93. The van der Waals surface area contributed by atoms with Gasteiger partial charge >= 0.3 is 0 Å². The highest BCUT2D eigenvalue weighted by molar-refractivity contribution is 6.33. The molecule has 2 atom stereocenters. The molecule has 0 radical (unpaired) electrons. The van der Waals surface area contributed by atoms with Crippen LogP contribution in [0, 0.1) is 5.92 Å². The maximum absolute atomic E-state index is 12.2. The predicted molar refractivity (Wildman–Crippen MR) is 82.3 cm³/mol. The predicted octanol–water partition coefficient (Wildman–Crippen LogP) is 1.65. The number of aromatic nitrogens is 2. The van der Waals surface area contributed by atoms with Crippen molar-refractivity contribution in [2.24, 2.45) is 11.7 Å². The van der Waals surface area contributed by atoms with Gasteiger partial charge in [0, 0.05) is 19.1 Å². The van der Waals surface area contributed by atoms with Crippen LogP contribution in [0.2, 0.25) is 5.02 Å². The van der Waals surface area contributed by atoms with Crippen molar-refractivity contribution in [1.29, 1.82) is 0 Å². The van der Waals surface area contributed by atoms with Crippen LogP contribution in [-0.2, 0) is 6.54 Å². The molecule has 0 saturated carbocycles. The first-order chi connectivity index (χ1) is 9.60. The minimum absolute atomic E-state index is 0.206. The lowest BCUT2D eigenvalue weighted by atomic mass is 9.90. The molecule has 1 saturated heterocycles. The first-order valence-corrected chi connectivity index (χ1v) is 7.31. The Bertz CT molecular complexity index is 542. The SMILES string of the molecule is C=CCn1ncc(N2CCCC(C)C2CN)c(Cl)c1=O. The zero-order valence-electron chi connectivity index (χ0n) is 11.8. The molecule has 0 aromatic carbocycles. The van der Waals surface area contributed by atoms with Crippen LogP contribution in [0.15, 0.2) is 23.6 Å². The van der Waals surface area contributed by atoms with Gasteiger partial charge in [-0.05, 0) is 18.8 Å². The smallest absolute Gasteiger partial charge is 0.287 e. The standard InChI is InChI=1S/C14H21ClN4O/c1-3-6-19-14(20)13(15)12(9-17-19)18-7-4-5-10(2)11(18)8-16/h3,9-11H,1,4-8,16H2,2H3. The average Bonchev–Trinajstić information content (AvgIpc) is 2.44. The van der Waals surface area contributed by atoms with Crippen molar-refractivity contribution in [3.8, 4) is 0 Å². The summed E-state index contributed by atoms with van der Waals surface area (Å²) in [5.74, 6) is 0.487. The molecule has 5 nitrogen and oxygen atoms in total. The number of allylic oxidation sites excluding steroid dienone is 1. The number of nitrogens with two attached hydrogens (primary N) is 1. The molecule has 0 bridgehead atoms.